The van der Waals surface area contributed by atoms with Crippen LogP contribution in [0.25, 0.3) is 0 Å². The van der Waals surface area contributed by atoms with E-state index in [9.17, 15) is 4.79 Å². The summed E-state index contributed by atoms with van der Waals surface area (Å²) in [7, 11) is 0. The molecule has 0 N–H and O–H groups in total. The highest BCUT2D eigenvalue weighted by atomic mass is 32.1. The van der Waals surface area contributed by atoms with Crippen molar-refractivity contribution in [1.29, 1.82) is 0 Å². The van der Waals surface area contributed by atoms with Crippen LogP contribution in [0.4, 0.5) is 0 Å². The van der Waals surface area contributed by atoms with E-state index in [2.05, 4.69) is 5.10 Å². The molecular formula is C18H16N2O3S. The van der Waals surface area contributed by atoms with Crippen molar-refractivity contribution in [2.24, 2.45) is 5.10 Å². The van der Waals surface area contributed by atoms with Gasteiger partial charge in [-0.3, -0.25) is 4.79 Å². The molecule has 122 valence electrons. The molecule has 1 atom stereocenters. The number of hydrogen-bond acceptors (Lipinski definition) is 5. The van der Waals surface area contributed by atoms with E-state index in [0.29, 0.717) is 12.2 Å². The SMILES string of the molecule is Cc1coc(C)c1C1=NN(C(=O)c2ccco2)[C@@H](c2cccs2)C1. The van der Waals surface area contributed by atoms with Gasteiger partial charge < -0.3 is 8.83 Å². The van der Waals surface area contributed by atoms with Crippen LogP contribution in [0.1, 0.15) is 44.8 Å². The molecule has 0 saturated heterocycles. The fourth-order valence-electron chi connectivity index (χ4n) is 3.07. The molecule has 0 saturated carbocycles. The second-order valence-corrected chi connectivity index (χ2v) is 6.74. The molecule has 1 aliphatic rings. The number of thiophene rings is 1. The van der Waals surface area contributed by atoms with Crippen LogP contribution in [0, 0.1) is 13.8 Å². The molecule has 24 heavy (non-hydrogen) atoms. The largest absolute Gasteiger partial charge is 0.469 e. The van der Waals surface area contributed by atoms with Gasteiger partial charge in [-0.05, 0) is 43.0 Å². The number of nitrogens with zero attached hydrogens (tertiary/aromatic N) is 2. The van der Waals surface area contributed by atoms with Gasteiger partial charge in [0.15, 0.2) is 5.76 Å². The molecule has 6 heteroatoms. The maximum atomic E-state index is 12.8. The lowest BCUT2D eigenvalue weighted by Crippen LogP contribution is -2.26. The van der Waals surface area contributed by atoms with E-state index in [4.69, 9.17) is 8.83 Å². The predicted octanol–water partition coefficient (Wildman–Crippen LogP) is 4.54. The highest BCUT2D eigenvalue weighted by Crippen LogP contribution is 2.37. The Morgan fingerprint density at radius 1 is 1.29 bits per heavy atom. The summed E-state index contributed by atoms with van der Waals surface area (Å²) in [6.45, 7) is 3.91. The molecule has 4 rings (SSSR count). The normalized spacial score (nSPS) is 17.3. The van der Waals surface area contributed by atoms with Crippen molar-refractivity contribution in [1.82, 2.24) is 5.01 Å². The van der Waals surface area contributed by atoms with Gasteiger partial charge in [-0.25, -0.2) is 5.01 Å². The number of furan rings is 2. The first-order valence-corrected chi connectivity index (χ1v) is 8.56. The number of amides is 1. The monoisotopic (exact) mass is 340 g/mol. The third-order valence-corrected chi connectivity index (χ3v) is 5.14. The lowest BCUT2D eigenvalue weighted by atomic mass is 10.0. The van der Waals surface area contributed by atoms with Gasteiger partial charge in [0.05, 0.1) is 24.3 Å². The van der Waals surface area contributed by atoms with Gasteiger partial charge >= 0.3 is 5.91 Å². The number of hydrazone groups is 1. The summed E-state index contributed by atoms with van der Waals surface area (Å²) in [4.78, 5) is 13.9. The van der Waals surface area contributed by atoms with Crippen LogP contribution < -0.4 is 0 Å². The Labute approximate surface area is 143 Å². The average molecular weight is 340 g/mol. The zero-order valence-electron chi connectivity index (χ0n) is 13.4. The minimum atomic E-state index is -0.229. The summed E-state index contributed by atoms with van der Waals surface area (Å²) in [6, 6.07) is 7.27. The Balaban J connectivity index is 1.76. The van der Waals surface area contributed by atoms with Crippen molar-refractivity contribution in [2.75, 3.05) is 0 Å². The molecule has 0 bridgehead atoms. The molecule has 1 amide bonds. The van der Waals surface area contributed by atoms with Gasteiger partial charge in [0.25, 0.3) is 0 Å². The molecule has 0 aromatic carbocycles. The van der Waals surface area contributed by atoms with E-state index in [1.165, 1.54) is 11.3 Å². The topological polar surface area (TPSA) is 59.0 Å². The first-order valence-electron chi connectivity index (χ1n) is 7.68. The van der Waals surface area contributed by atoms with Crippen LogP contribution >= 0.6 is 11.3 Å². The van der Waals surface area contributed by atoms with Gasteiger partial charge in [-0.1, -0.05) is 6.07 Å². The van der Waals surface area contributed by atoms with Crippen LogP contribution in [0.2, 0.25) is 0 Å². The number of aryl methyl sites for hydroxylation is 2. The van der Waals surface area contributed by atoms with Crippen molar-refractivity contribution < 1.29 is 13.6 Å². The first-order chi connectivity index (χ1) is 11.6. The third kappa shape index (κ3) is 2.39. The molecule has 0 radical (unpaired) electrons. The molecule has 5 nitrogen and oxygen atoms in total. The van der Waals surface area contributed by atoms with Gasteiger partial charge in [0.2, 0.25) is 0 Å². The fourth-order valence-corrected chi connectivity index (χ4v) is 3.88. The standard InChI is InChI=1S/C18H16N2O3S/c1-11-10-23-12(2)17(11)13-9-14(16-6-4-8-24-16)20(19-13)18(21)15-5-3-7-22-15/h3-8,10,14H,9H2,1-2H3/t14-/m1/s1. The molecule has 3 aromatic rings. The van der Waals surface area contributed by atoms with Crippen LogP contribution in [-0.4, -0.2) is 16.6 Å². The van der Waals surface area contributed by atoms with E-state index < -0.39 is 0 Å². The van der Waals surface area contributed by atoms with Crippen molar-refractivity contribution in [2.45, 2.75) is 26.3 Å². The van der Waals surface area contributed by atoms with Crippen LogP contribution in [0.3, 0.4) is 0 Å². The predicted molar refractivity (Wildman–Crippen MR) is 91.3 cm³/mol. The molecule has 4 heterocycles. The molecule has 0 aliphatic carbocycles. The quantitative estimate of drug-likeness (QED) is 0.703. The van der Waals surface area contributed by atoms with E-state index in [0.717, 1.165) is 27.5 Å². The molecule has 0 fully saturated rings. The van der Waals surface area contributed by atoms with Gasteiger partial charge in [-0.15, -0.1) is 11.3 Å². The Kier molecular flexibility index (Phi) is 3.61. The Morgan fingerprint density at radius 2 is 2.17 bits per heavy atom. The number of rotatable bonds is 3. The van der Waals surface area contributed by atoms with Crippen LogP contribution in [-0.2, 0) is 0 Å². The Bertz CT molecular complexity index is 872. The van der Waals surface area contributed by atoms with E-state index >= 15 is 0 Å². The van der Waals surface area contributed by atoms with Crippen molar-refractivity contribution >= 4 is 23.0 Å². The third-order valence-electron chi connectivity index (χ3n) is 4.17. The zero-order chi connectivity index (χ0) is 16.7. The summed E-state index contributed by atoms with van der Waals surface area (Å²) in [5, 5.41) is 8.18. The van der Waals surface area contributed by atoms with Crippen molar-refractivity contribution in [3.8, 4) is 0 Å². The first kappa shape index (κ1) is 15.0. The lowest BCUT2D eigenvalue weighted by Gasteiger charge is -2.19. The van der Waals surface area contributed by atoms with Gasteiger partial charge in [-0.2, -0.15) is 5.10 Å². The summed E-state index contributed by atoms with van der Waals surface area (Å²) >= 11 is 1.63. The second kappa shape index (κ2) is 5.79. The van der Waals surface area contributed by atoms with Crippen LogP contribution in [0.15, 0.2) is 56.1 Å². The molecular weight excluding hydrogens is 324 g/mol. The van der Waals surface area contributed by atoms with E-state index in [-0.39, 0.29) is 11.9 Å². The summed E-state index contributed by atoms with van der Waals surface area (Å²) in [6.07, 6.45) is 3.89. The molecule has 3 aromatic heterocycles. The fraction of sp³-hybridized carbons (Fsp3) is 0.222. The van der Waals surface area contributed by atoms with Gasteiger partial charge in [0.1, 0.15) is 5.76 Å². The maximum absolute atomic E-state index is 12.8. The lowest BCUT2D eigenvalue weighted by molar-refractivity contribution is 0.0681. The minimum absolute atomic E-state index is 0.119. The number of hydrogen-bond donors (Lipinski definition) is 0. The number of carbonyl (C=O) groups excluding carboxylic acids is 1. The smallest absolute Gasteiger partial charge is 0.310 e. The van der Waals surface area contributed by atoms with Crippen LogP contribution in [0.5, 0.6) is 0 Å². The molecule has 1 aliphatic heterocycles. The Morgan fingerprint density at radius 3 is 2.79 bits per heavy atom. The summed E-state index contributed by atoms with van der Waals surface area (Å²) in [5.41, 5.74) is 2.90. The molecule has 0 spiro atoms. The number of carbonyl (C=O) groups is 1. The highest BCUT2D eigenvalue weighted by molar-refractivity contribution is 7.10. The minimum Gasteiger partial charge on any atom is -0.469 e. The van der Waals surface area contributed by atoms with Crippen molar-refractivity contribution in [3.05, 3.63) is 69.7 Å². The maximum Gasteiger partial charge on any atom is 0.310 e. The zero-order valence-corrected chi connectivity index (χ0v) is 14.2. The van der Waals surface area contributed by atoms with Gasteiger partial charge in [0, 0.05) is 16.9 Å². The molecule has 0 unspecified atom stereocenters. The van der Waals surface area contributed by atoms with E-state index in [1.807, 2.05) is 31.4 Å². The van der Waals surface area contributed by atoms with Crippen molar-refractivity contribution in [3.63, 3.8) is 0 Å². The summed E-state index contributed by atoms with van der Waals surface area (Å²) in [5.74, 6) is 0.887. The van der Waals surface area contributed by atoms with E-state index in [1.54, 1.807) is 29.7 Å². The highest BCUT2D eigenvalue weighted by Gasteiger charge is 2.36. The average Bonchev–Trinajstić information content (AvgIpc) is 3.34. The summed E-state index contributed by atoms with van der Waals surface area (Å²) < 4.78 is 10.8. The Hall–Kier alpha value is -2.60. The second-order valence-electron chi connectivity index (χ2n) is 5.76.